The summed E-state index contributed by atoms with van der Waals surface area (Å²) < 4.78 is 24.2. The molecule has 0 aliphatic heterocycles. The Hall–Kier alpha value is -1.23. The summed E-state index contributed by atoms with van der Waals surface area (Å²) in [5, 5.41) is 3.56. The summed E-state index contributed by atoms with van der Waals surface area (Å²) in [6.45, 7) is 1.92. The monoisotopic (exact) mass is 338 g/mol. The van der Waals surface area contributed by atoms with Crippen molar-refractivity contribution in [3.63, 3.8) is 0 Å². The van der Waals surface area contributed by atoms with E-state index >= 15 is 0 Å². The van der Waals surface area contributed by atoms with Crippen LogP contribution in [-0.4, -0.2) is 8.42 Å². The van der Waals surface area contributed by atoms with Gasteiger partial charge >= 0.3 is 0 Å². The predicted molar refractivity (Wildman–Crippen MR) is 90.3 cm³/mol. The molecule has 110 valence electrons. The van der Waals surface area contributed by atoms with Gasteiger partial charge in [0.25, 0.3) is 0 Å². The van der Waals surface area contributed by atoms with Crippen LogP contribution in [0.5, 0.6) is 0 Å². The molecule has 0 radical (unpaired) electrons. The number of halogens is 1. The van der Waals surface area contributed by atoms with Gasteiger partial charge in [0.2, 0.25) is 0 Å². The van der Waals surface area contributed by atoms with Gasteiger partial charge in [0.05, 0.1) is 4.90 Å². The highest BCUT2D eigenvalue weighted by atomic mass is 35.5. The maximum absolute atomic E-state index is 12.1. The highest BCUT2D eigenvalue weighted by Gasteiger charge is 2.09. The Morgan fingerprint density at radius 3 is 2.29 bits per heavy atom. The molecule has 0 spiro atoms. The molecule has 2 nitrogen and oxygen atoms in total. The molecule has 21 heavy (non-hydrogen) atoms. The van der Waals surface area contributed by atoms with Crippen LogP contribution in [-0.2, 0) is 15.6 Å². The maximum Gasteiger partial charge on any atom is 0.200 e. The van der Waals surface area contributed by atoms with Crippen LogP contribution in [0.15, 0.2) is 64.2 Å². The van der Waals surface area contributed by atoms with Gasteiger partial charge in [0.1, 0.15) is 0 Å². The predicted octanol–water partition coefficient (Wildman–Crippen LogP) is 4.83. The van der Waals surface area contributed by atoms with E-state index in [0.29, 0.717) is 15.7 Å². The molecule has 0 bridgehead atoms. The fourth-order valence-electron chi connectivity index (χ4n) is 1.64. The molecule has 0 atom stereocenters. The molecule has 0 saturated heterocycles. The number of thioether (sulfide) groups is 1. The van der Waals surface area contributed by atoms with Gasteiger partial charge in [-0.05, 0) is 42.2 Å². The number of aryl methyl sites for hydroxylation is 1. The van der Waals surface area contributed by atoms with Crippen molar-refractivity contribution in [3.8, 4) is 0 Å². The van der Waals surface area contributed by atoms with E-state index in [1.54, 1.807) is 29.7 Å². The second-order valence-corrected chi connectivity index (χ2v) is 7.73. The first-order valence-electron chi connectivity index (χ1n) is 6.32. The van der Waals surface area contributed by atoms with Gasteiger partial charge in [0, 0.05) is 16.2 Å². The Labute approximate surface area is 134 Å². The summed E-state index contributed by atoms with van der Waals surface area (Å²) in [5.74, 6) is 0.705. The van der Waals surface area contributed by atoms with Crippen LogP contribution in [0, 0.1) is 6.92 Å². The van der Waals surface area contributed by atoms with Crippen molar-refractivity contribution in [1.29, 1.82) is 0 Å². The lowest BCUT2D eigenvalue weighted by molar-refractivity contribution is 0.604. The lowest BCUT2D eigenvalue weighted by atomic mass is 10.2. The van der Waals surface area contributed by atoms with Crippen molar-refractivity contribution < 1.29 is 8.42 Å². The first-order chi connectivity index (χ1) is 9.97. The average Bonchev–Trinajstić information content (AvgIpc) is 2.46. The first kappa shape index (κ1) is 16.1. The topological polar surface area (TPSA) is 34.1 Å². The Balaban J connectivity index is 1.97. The number of benzene rings is 2. The van der Waals surface area contributed by atoms with E-state index in [1.165, 1.54) is 17.2 Å². The number of sulfone groups is 1. The third kappa shape index (κ3) is 4.92. The zero-order valence-corrected chi connectivity index (χ0v) is 13.9. The summed E-state index contributed by atoms with van der Waals surface area (Å²) in [4.78, 5) is 0.316. The summed E-state index contributed by atoms with van der Waals surface area (Å²) in [7, 11) is -3.36. The molecule has 0 aromatic heterocycles. The van der Waals surface area contributed by atoms with Gasteiger partial charge in [-0.1, -0.05) is 41.4 Å². The largest absolute Gasteiger partial charge is 0.219 e. The zero-order valence-electron chi connectivity index (χ0n) is 11.5. The minimum absolute atomic E-state index is 0.316. The lowest BCUT2D eigenvalue weighted by Gasteiger charge is -2.00. The van der Waals surface area contributed by atoms with Crippen LogP contribution in [0.2, 0.25) is 5.02 Å². The molecular formula is C16H15ClO2S2. The summed E-state index contributed by atoms with van der Waals surface area (Å²) in [6, 6.07) is 14.3. The average molecular weight is 339 g/mol. The van der Waals surface area contributed by atoms with Crippen molar-refractivity contribution in [2.24, 2.45) is 0 Å². The van der Waals surface area contributed by atoms with Gasteiger partial charge in [-0.2, -0.15) is 0 Å². The Bertz CT molecular complexity index is 718. The van der Waals surface area contributed by atoms with Crippen molar-refractivity contribution >= 4 is 33.2 Å². The fraction of sp³-hybridized carbons (Fsp3) is 0.125. The van der Waals surface area contributed by atoms with Crippen LogP contribution in [0.4, 0.5) is 0 Å². The van der Waals surface area contributed by atoms with Gasteiger partial charge in [-0.25, -0.2) is 8.42 Å². The standard InChI is InChI=1S/C16H15ClO2S2/c1-13-2-8-16(9-3-13)21(18,19)11-10-20-12-14-4-6-15(17)7-5-14/h2-11H,12H2,1H3/b11-10-. The van der Waals surface area contributed by atoms with Gasteiger partial charge in [-0.15, -0.1) is 11.8 Å². The zero-order chi connectivity index (χ0) is 15.3. The molecule has 2 aromatic carbocycles. The molecule has 0 aliphatic carbocycles. The van der Waals surface area contributed by atoms with E-state index in [2.05, 4.69) is 0 Å². The van der Waals surface area contributed by atoms with E-state index in [4.69, 9.17) is 11.6 Å². The molecule has 0 amide bonds. The molecule has 0 unspecified atom stereocenters. The molecule has 0 aliphatic rings. The molecule has 0 heterocycles. The van der Waals surface area contributed by atoms with Crippen LogP contribution < -0.4 is 0 Å². The highest BCUT2D eigenvalue weighted by Crippen LogP contribution is 2.19. The van der Waals surface area contributed by atoms with Crippen LogP contribution in [0.25, 0.3) is 0 Å². The summed E-state index contributed by atoms with van der Waals surface area (Å²) in [6.07, 6.45) is 0. The first-order valence-corrected chi connectivity index (χ1v) is 9.29. The normalized spacial score (nSPS) is 11.9. The number of hydrogen-bond acceptors (Lipinski definition) is 3. The second kappa shape index (κ2) is 7.16. The van der Waals surface area contributed by atoms with E-state index in [9.17, 15) is 8.42 Å². The van der Waals surface area contributed by atoms with Crippen LogP contribution >= 0.6 is 23.4 Å². The molecular weight excluding hydrogens is 324 g/mol. The molecule has 5 heteroatoms. The Morgan fingerprint density at radius 2 is 1.67 bits per heavy atom. The third-order valence-corrected chi connectivity index (χ3v) is 5.52. The van der Waals surface area contributed by atoms with Gasteiger partial charge < -0.3 is 0 Å². The van der Waals surface area contributed by atoms with Crippen molar-refractivity contribution in [3.05, 3.63) is 75.5 Å². The van der Waals surface area contributed by atoms with E-state index in [-0.39, 0.29) is 0 Å². The van der Waals surface area contributed by atoms with E-state index < -0.39 is 9.84 Å². The Kier molecular flexibility index (Phi) is 5.51. The van der Waals surface area contributed by atoms with Crippen molar-refractivity contribution in [1.82, 2.24) is 0 Å². The maximum atomic E-state index is 12.1. The summed E-state index contributed by atoms with van der Waals surface area (Å²) >= 11 is 7.25. The molecule has 2 aromatic rings. The van der Waals surface area contributed by atoms with Gasteiger partial charge in [-0.3, -0.25) is 0 Å². The fourth-order valence-corrected chi connectivity index (χ4v) is 3.82. The molecule has 0 N–H and O–H groups in total. The SMILES string of the molecule is Cc1ccc(S(=O)(=O)/C=C\SCc2ccc(Cl)cc2)cc1. The minimum atomic E-state index is -3.36. The van der Waals surface area contributed by atoms with Crippen LogP contribution in [0.1, 0.15) is 11.1 Å². The second-order valence-electron chi connectivity index (χ2n) is 4.57. The third-order valence-electron chi connectivity index (χ3n) is 2.84. The molecule has 2 rings (SSSR count). The quantitative estimate of drug-likeness (QED) is 0.783. The number of rotatable bonds is 5. The van der Waals surface area contributed by atoms with E-state index in [1.807, 2.05) is 31.2 Å². The Morgan fingerprint density at radius 1 is 1.05 bits per heavy atom. The van der Waals surface area contributed by atoms with Crippen molar-refractivity contribution in [2.75, 3.05) is 0 Å². The molecule has 0 saturated carbocycles. The van der Waals surface area contributed by atoms with E-state index in [0.717, 1.165) is 11.1 Å². The summed E-state index contributed by atoms with van der Waals surface area (Å²) in [5.41, 5.74) is 2.14. The van der Waals surface area contributed by atoms with Crippen molar-refractivity contribution in [2.45, 2.75) is 17.6 Å². The smallest absolute Gasteiger partial charge is 0.200 e. The number of hydrogen-bond donors (Lipinski definition) is 0. The molecule has 0 fully saturated rings. The van der Waals surface area contributed by atoms with Crippen LogP contribution in [0.3, 0.4) is 0 Å². The lowest BCUT2D eigenvalue weighted by Crippen LogP contribution is -1.95. The highest BCUT2D eigenvalue weighted by molar-refractivity contribution is 8.02. The van der Waals surface area contributed by atoms with Gasteiger partial charge in [0.15, 0.2) is 9.84 Å². The minimum Gasteiger partial charge on any atom is -0.219 e.